The van der Waals surface area contributed by atoms with Crippen LogP contribution in [-0.2, 0) is 11.3 Å². The van der Waals surface area contributed by atoms with Crippen LogP contribution in [0.15, 0.2) is 53.7 Å². The average molecular weight is 367 g/mol. The lowest BCUT2D eigenvalue weighted by atomic mass is 10.1. The molecule has 1 aromatic heterocycles. The number of amides is 1. The number of carbonyl (C=O) groups excluding carboxylic acids is 2. The van der Waals surface area contributed by atoms with Crippen LogP contribution in [0.25, 0.3) is 11.0 Å². The van der Waals surface area contributed by atoms with E-state index in [2.05, 4.69) is 21.8 Å². The van der Waals surface area contributed by atoms with Gasteiger partial charge in [0.2, 0.25) is 5.91 Å². The van der Waals surface area contributed by atoms with E-state index in [4.69, 9.17) is 0 Å². The quantitative estimate of drug-likeness (QED) is 0.519. The molecule has 0 spiro atoms. The van der Waals surface area contributed by atoms with Crippen molar-refractivity contribution in [2.45, 2.75) is 37.7 Å². The molecule has 0 fully saturated rings. The van der Waals surface area contributed by atoms with Crippen LogP contribution in [0.3, 0.4) is 0 Å². The summed E-state index contributed by atoms with van der Waals surface area (Å²) in [5.41, 5.74) is 3.20. The van der Waals surface area contributed by atoms with E-state index < -0.39 is 0 Å². The Balaban J connectivity index is 1.75. The number of nitrogens with one attached hydrogen (secondary N) is 1. The molecule has 0 bridgehead atoms. The summed E-state index contributed by atoms with van der Waals surface area (Å²) >= 11 is 1.43. The fraction of sp³-hybridized carbons (Fsp3) is 0.250. The van der Waals surface area contributed by atoms with E-state index in [0.717, 1.165) is 22.7 Å². The molecule has 0 radical (unpaired) electrons. The van der Waals surface area contributed by atoms with Crippen LogP contribution in [0.5, 0.6) is 0 Å². The lowest BCUT2D eigenvalue weighted by Gasteiger charge is -2.13. The number of Topliss-reactive ketones (excluding diaryl/α,β-unsaturated/α-hetero) is 1. The molecule has 3 rings (SSSR count). The van der Waals surface area contributed by atoms with Crippen LogP contribution >= 0.6 is 11.8 Å². The number of hydrogen-bond acceptors (Lipinski definition) is 4. The van der Waals surface area contributed by atoms with E-state index in [1.807, 2.05) is 31.2 Å². The van der Waals surface area contributed by atoms with E-state index >= 15 is 0 Å². The molecule has 134 valence electrons. The normalized spacial score (nSPS) is 12.1. The Kier molecular flexibility index (Phi) is 5.42. The van der Waals surface area contributed by atoms with Crippen molar-refractivity contribution in [3.05, 3.63) is 54.1 Å². The van der Waals surface area contributed by atoms with Gasteiger partial charge in [-0.05, 0) is 45.0 Å². The predicted molar refractivity (Wildman–Crippen MR) is 106 cm³/mol. The second-order valence-electron chi connectivity index (χ2n) is 6.01. The second-order valence-corrected chi connectivity index (χ2v) is 7.32. The zero-order valence-corrected chi connectivity index (χ0v) is 15.8. The smallest absolute Gasteiger partial charge is 0.237 e. The van der Waals surface area contributed by atoms with Crippen molar-refractivity contribution in [1.82, 2.24) is 9.55 Å². The summed E-state index contributed by atoms with van der Waals surface area (Å²) in [7, 11) is 0. The molecule has 1 heterocycles. The van der Waals surface area contributed by atoms with Crippen molar-refractivity contribution in [2.75, 3.05) is 5.32 Å². The van der Waals surface area contributed by atoms with E-state index in [0.29, 0.717) is 11.3 Å². The van der Waals surface area contributed by atoms with Gasteiger partial charge in [0, 0.05) is 17.8 Å². The Morgan fingerprint density at radius 1 is 1.19 bits per heavy atom. The number of ketones is 1. The van der Waals surface area contributed by atoms with Crippen LogP contribution < -0.4 is 5.32 Å². The number of aromatic nitrogens is 2. The lowest BCUT2D eigenvalue weighted by molar-refractivity contribution is -0.115. The van der Waals surface area contributed by atoms with Crippen LogP contribution in [-0.4, -0.2) is 26.5 Å². The summed E-state index contributed by atoms with van der Waals surface area (Å²) in [6, 6.07) is 14.9. The molecule has 5 nitrogen and oxygen atoms in total. The number of anilines is 1. The Hall–Kier alpha value is -2.60. The van der Waals surface area contributed by atoms with Gasteiger partial charge in [0.05, 0.1) is 16.3 Å². The summed E-state index contributed by atoms with van der Waals surface area (Å²) in [6.45, 7) is 6.22. The summed E-state index contributed by atoms with van der Waals surface area (Å²) in [5.74, 6) is -0.148. The van der Waals surface area contributed by atoms with Crippen molar-refractivity contribution in [3.8, 4) is 0 Å². The highest BCUT2D eigenvalue weighted by Crippen LogP contribution is 2.28. The zero-order valence-electron chi connectivity index (χ0n) is 15.0. The monoisotopic (exact) mass is 367 g/mol. The Labute approximate surface area is 156 Å². The first kappa shape index (κ1) is 18.2. The SMILES string of the molecule is CCn1c(SC(C)C(=O)Nc2cccc(C(C)=O)c2)nc2ccccc21. The standard InChI is InChI=1S/C20H21N3O2S/c1-4-23-18-11-6-5-10-17(18)22-20(23)26-14(3)19(25)21-16-9-7-8-15(12-16)13(2)24/h5-12,14H,4H2,1-3H3,(H,21,25). The number of thioether (sulfide) groups is 1. The summed E-state index contributed by atoms with van der Waals surface area (Å²) in [5, 5.41) is 3.39. The maximum Gasteiger partial charge on any atom is 0.237 e. The third-order valence-corrected chi connectivity index (χ3v) is 5.21. The Morgan fingerprint density at radius 3 is 2.69 bits per heavy atom. The van der Waals surface area contributed by atoms with Crippen LogP contribution in [0.4, 0.5) is 5.69 Å². The summed E-state index contributed by atoms with van der Waals surface area (Å²) in [6.07, 6.45) is 0. The summed E-state index contributed by atoms with van der Waals surface area (Å²) in [4.78, 5) is 28.7. The molecule has 2 aromatic carbocycles. The molecular formula is C20H21N3O2S. The first-order valence-electron chi connectivity index (χ1n) is 8.53. The van der Waals surface area contributed by atoms with Gasteiger partial charge in [-0.15, -0.1) is 0 Å². The van der Waals surface area contributed by atoms with E-state index in [1.54, 1.807) is 24.3 Å². The lowest BCUT2D eigenvalue weighted by Crippen LogP contribution is -2.23. The van der Waals surface area contributed by atoms with Gasteiger partial charge >= 0.3 is 0 Å². The number of nitrogens with zero attached hydrogens (tertiary/aromatic N) is 2. The molecule has 6 heteroatoms. The molecule has 3 aromatic rings. The highest BCUT2D eigenvalue weighted by atomic mass is 32.2. The fourth-order valence-electron chi connectivity index (χ4n) is 2.72. The largest absolute Gasteiger partial charge is 0.325 e. The second kappa shape index (κ2) is 7.74. The Morgan fingerprint density at radius 2 is 1.96 bits per heavy atom. The van der Waals surface area contributed by atoms with E-state index in [9.17, 15) is 9.59 Å². The van der Waals surface area contributed by atoms with Gasteiger partial charge in [-0.1, -0.05) is 36.0 Å². The molecule has 26 heavy (non-hydrogen) atoms. The molecule has 0 saturated carbocycles. The first-order valence-corrected chi connectivity index (χ1v) is 9.41. The molecule has 1 unspecified atom stereocenters. The molecule has 0 saturated heterocycles. The van der Waals surface area contributed by atoms with Gasteiger partial charge in [0.1, 0.15) is 0 Å². The number of benzene rings is 2. The predicted octanol–water partition coefficient (Wildman–Crippen LogP) is 4.38. The van der Waals surface area contributed by atoms with Gasteiger partial charge in [-0.2, -0.15) is 0 Å². The van der Waals surface area contributed by atoms with Gasteiger partial charge < -0.3 is 9.88 Å². The van der Waals surface area contributed by atoms with Crippen LogP contribution in [0.1, 0.15) is 31.1 Å². The first-order chi connectivity index (χ1) is 12.5. The average Bonchev–Trinajstić information content (AvgIpc) is 2.98. The van der Waals surface area contributed by atoms with Crippen molar-refractivity contribution in [3.63, 3.8) is 0 Å². The highest BCUT2D eigenvalue weighted by Gasteiger charge is 2.19. The number of para-hydroxylation sites is 2. The minimum Gasteiger partial charge on any atom is -0.325 e. The van der Waals surface area contributed by atoms with Crippen LogP contribution in [0.2, 0.25) is 0 Å². The van der Waals surface area contributed by atoms with Gasteiger partial charge in [0.25, 0.3) is 0 Å². The minimum atomic E-state index is -0.321. The highest BCUT2D eigenvalue weighted by molar-refractivity contribution is 8.00. The molecule has 0 aliphatic carbocycles. The number of carbonyl (C=O) groups is 2. The maximum atomic E-state index is 12.6. The van der Waals surface area contributed by atoms with Crippen molar-refractivity contribution in [2.24, 2.45) is 0 Å². The number of rotatable bonds is 6. The third-order valence-electron chi connectivity index (χ3n) is 4.12. The zero-order chi connectivity index (χ0) is 18.7. The van der Waals surface area contributed by atoms with E-state index in [-0.39, 0.29) is 16.9 Å². The van der Waals surface area contributed by atoms with Crippen molar-refractivity contribution in [1.29, 1.82) is 0 Å². The summed E-state index contributed by atoms with van der Waals surface area (Å²) < 4.78 is 2.11. The number of imidazole rings is 1. The number of fused-ring (bicyclic) bond motifs is 1. The van der Waals surface area contributed by atoms with E-state index in [1.165, 1.54) is 18.7 Å². The van der Waals surface area contributed by atoms with Gasteiger partial charge in [0.15, 0.2) is 10.9 Å². The number of hydrogen-bond donors (Lipinski definition) is 1. The molecule has 0 aliphatic heterocycles. The molecular weight excluding hydrogens is 346 g/mol. The van der Waals surface area contributed by atoms with Gasteiger partial charge in [-0.25, -0.2) is 4.98 Å². The maximum absolute atomic E-state index is 12.6. The molecule has 1 amide bonds. The van der Waals surface area contributed by atoms with Gasteiger partial charge in [-0.3, -0.25) is 9.59 Å². The fourth-order valence-corrected chi connectivity index (χ4v) is 3.71. The third kappa shape index (κ3) is 3.80. The van der Waals surface area contributed by atoms with Crippen molar-refractivity contribution < 1.29 is 9.59 Å². The molecule has 0 aliphatic rings. The Bertz CT molecular complexity index is 965. The number of aryl methyl sites for hydroxylation is 1. The molecule has 1 N–H and O–H groups in total. The minimum absolute atomic E-state index is 0.0276. The molecule has 1 atom stereocenters. The van der Waals surface area contributed by atoms with Crippen LogP contribution in [0, 0.1) is 0 Å². The van der Waals surface area contributed by atoms with Crippen molar-refractivity contribution >= 4 is 40.2 Å². The topological polar surface area (TPSA) is 64.0 Å².